The summed E-state index contributed by atoms with van der Waals surface area (Å²) in [5.41, 5.74) is 1.12. The van der Waals surface area contributed by atoms with Gasteiger partial charge in [0.05, 0.1) is 23.6 Å². The molecule has 3 rings (SSSR count). The van der Waals surface area contributed by atoms with Crippen molar-refractivity contribution in [3.63, 3.8) is 0 Å². The summed E-state index contributed by atoms with van der Waals surface area (Å²) >= 11 is 7.67. The van der Waals surface area contributed by atoms with Gasteiger partial charge in [-0.2, -0.15) is 30.0 Å². The number of alkyl halides is 3. The third-order valence-corrected chi connectivity index (χ3v) is 5.75. The van der Waals surface area contributed by atoms with Gasteiger partial charge >= 0.3 is 6.18 Å². The Kier molecular flexibility index (Phi) is 7.61. The second-order valence-electron chi connectivity index (χ2n) is 6.60. The van der Waals surface area contributed by atoms with E-state index in [2.05, 4.69) is 10.1 Å². The summed E-state index contributed by atoms with van der Waals surface area (Å²) in [7, 11) is 0. The highest BCUT2D eigenvalue weighted by Crippen LogP contribution is 2.30. The minimum absolute atomic E-state index is 0.133. The Hall–Kier alpha value is -2.52. The summed E-state index contributed by atoms with van der Waals surface area (Å²) in [6.45, 7) is 2.25. The first-order valence-corrected chi connectivity index (χ1v) is 11.0. The van der Waals surface area contributed by atoms with E-state index in [1.54, 1.807) is 40.3 Å². The summed E-state index contributed by atoms with van der Waals surface area (Å²) in [4.78, 5) is 18.3. The zero-order valence-electron chi connectivity index (χ0n) is 16.6. The van der Waals surface area contributed by atoms with Gasteiger partial charge in [0, 0.05) is 30.7 Å². The maximum Gasteiger partial charge on any atom is 0.416 e. The van der Waals surface area contributed by atoms with Crippen LogP contribution in [-0.2, 0) is 16.7 Å². The molecule has 0 spiro atoms. The minimum atomic E-state index is -4.36. The van der Waals surface area contributed by atoms with Crippen LogP contribution >= 0.6 is 23.4 Å². The number of hydrogen-bond acceptors (Lipinski definition) is 4. The Morgan fingerprint density at radius 3 is 2.74 bits per heavy atom. The third kappa shape index (κ3) is 6.01. The second kappa shape index (κ2) is 10.2. The van der Waals surface area contributed by atoms with Gasteiger partial charge in [-0.05, 0) is 30.7 Å². The molecule has 2 aromatic heterocycles. The van der Waals surface area contributed by atoms with Crippen molar-refractivity contribution in [2.24, 2.45) is 0 Å². The number of hydrogen-bond donors (Lipinski definition) is 0. The average Bonchev–Trinajstić information content (AvgIpc) is 3.13. The third-order valence-electron chi connectivity index (χ3n) is 4.45. The van der Waals surface area contributed by atoms with Gasteiger partial charge in [-0.25, -0.2) is 4.68 Å². The van der Waals surface area contributed by atoms with E-state index in [0.717, 1.165) is 17.8 Å². The molecule has 1 amide bonds. The maximum absolute atomic E-state index is 12.8. The van der Waals surface area contributed by atoms with Crippen molar-refractivity contribution < 1.29 is 18.0 Å². The Morgan fingerprint density at radius 2 is 2.06 bits per heavy atom. The molecule has 1 aromatic carbocycles. The number of benzene rings is 1. The monoisotopic (exact) mass is 468 g/mol. The van der Waals surface area contributed by atoms with Crippen molar-refractivity contribution in [3.05, 3.63) is 71.3 Å². The summed E-state index contributed by atoms with van der Waals surface area (Å²) in [6.07, 6.45) is 0.824. The van der Waals surface area contributed by atoms with Crippen molar-refractivity contribution >= 4 is 35.0 Å². The SMILES string of the molecule is CCN(C(=O)CCSCc1cccc(C(F)(F)F)c1)c1cn(-c2cccnc2)nc1Cl. The van der Waals surface area contributed by atoms with Crippen LogP contribution < -0.4 is 4.90 Å². The van der Waals surface area contributed by atoms with Gasteiger partial charge in [0.2, 0.25) is 5.91 Å². The normalized spacial score (nSPS) is 11.5. The molecule has 0 atom stereocenters. The molecule has 0 aliphatic carbocycles. The first-order valence-electron chi connectivity index (χ1n) is 9.49. The summed E-state index contributed by atoms with van der Waals surface area (Å²) in [5.74, 6) is 0.731. The highest BCUT2D eigenvalue weighted by atomic mass is 35.5. The molecule has 2 heterocycles. The molecular weight excluding hydrogens is 449 g/mol. The second-order valence-corrected chi connectivity index (χ2v) is 8.06. The van der Waals surface area contributed by atoms with Crippen LogP contribution in [0.2, 0.25) is 5.15 Å². The maximum atomic E-state index is 12.8. The number of amides is 1. The lowest BCUT2D eigenvalue weighted by atomic mass is 10.1. The number of aromatic nitrogens is 3. The molecule has 0 N–H and O–H groups in total. The van der Waals surface area contributed by atoms with Gasteiger partial charge in [0.15, 0.2) is 5.15 Å². The van der Waals surface area contributed by atoms with Gasteiger partial charge in [-0.1, -0.05) is 29.8 Å². The molecule has 0 bridgehead atoms. The molecule has 164 valence electrons. The predicted molar refractivity (Wildman–Crippen MR) is 117 cm³/mol. The van der Waals surface area contributed by atoms with Crippen molar-refractivity contribution in [3.8, 4) is 5.69 Å². The summed E-state index contributed by atoms with van der Waals surface area (Å²) in [6, 6.07) is 8.82. The fraction of sp³-hybridized carbons (Fsp3) is 0.286. The number of thioether (sulfide) groups is 1. The largest absolute Gasteiger partial charge is 0.416 e. The van der Waals surface area contributed by atoms with Gasteiger partial charge < -0.3 is 4.90 Å². The van der Waals surface area contributed by atoms with Crippen LogP contribution in [0, 0.1) is 0 Å². The number of carbonyl (C=O) groups is 1. The van der Waals surface area contributed by atoms with Crippen molar-refractivity contribution in [2.75, 3.05) is 17.2 Å². The number of anilines is 1. The Morgan fingerprint density at radius 1 is 1.26 bits per heavy atom. The van der Waals surface area contributed by atoms with Gasteiger partial charge in [0.25, 0.3) is 0 Å². The van der Waals surface area contributed by atoms with E-state index in [0.29, 0.717) is 29.3 Å². The van der Waals surface area contributed by atoms with Crippen LogP contribution in [0.5, 0.6) is 0 Å². The molecule has 0 fully saturated rings. The molecule has 5 nitrogen and oxygen atoms in total. The van der Waals surface area contributed by atoms with E-state index in [1.165, 1.54) is 17.8 Å². The number of nitrogens with zero attached hydrogens (tertiary/aromatic N) is 4. The highest BCUT2D eigenvalue weighted by Gasteiger charge is 2.30. The Labute approximate surface area is 187 Å². The van der Waals surface area contributed by atoms with E-state index >= 15 is 0 Å². The fourth-order valence-electron chi connectivity index (χ4n) is 2.95. The van der Waals surface area contributed by atoms with Gasteiger partial charge in [-0.15, -0.1) is 0 Å². The molecule has 0 unspecified atom stereocenters. The first kappa shape index (κ1) is 23.1. The predicted octanol–water partition coefficient (Wildman–Crippen LogP) is 5.62. The molecule has 31 heavy (non-hydrogen) atoms. The topological polar surface area (TPSA) is 51.0 Å². The molecule has 0 saturated carbocycles. The van der Waals surface area contributed by atoms with Crippen LogP contribution in [0.3, 0.4) is 0 Å². The van der Waals surface area contributed by atoms with Crippen LogP contribution in [0.15, 0.2) is 55.0 Å². The van der Waals surface area contributed by atoms with Gasteiger partial charge in [-0.3, -0.25) is 9.78 Å². The van der Waals surface area contributed by atoms with Crippen LogP contribution in [0.4, 0.5) is 18.9 Å². The molecule has 0 aliphatic heterocycles. The van der Waals surface area contributed by atoms with Crippen molar-refractivity contribution in [1.82, 2.24) is 14.8 Å². The lowest BCUT2D eigenvalue weighted by molar-refractivity contribution is -0.137. The zero-order valence-corrected chi connectivity index (χ0v) is 18.2. The number of pyridine rings is 1. The van der Waals surface area contributed by atoms with Gasteiger partial charge in [0.1, 0.15) is 5.69 Å². The Bertz CT molecular complexity index is 1030. The van der Waals surface area contributed by atoms with E-state index in [9.17, 15) is 18.0 Å². The van der Waals surface area contributed by atoms with Crippen molar-refractivity contribution in [1.29, 1.82) is 0 Å². The summed E-state index contributed by atoms with van der Waals surface area (Å²) < 4.78 is 40.0. The van der Waals surface area contributed by atoms with E-state index in [-0.39, 0.29) is 17.5 Å². The molecule has 10 heteroatoms. The molecule has 0 radical (unpaired) electrons. The van der Waals surface area contributed by atoms with E-state index in [4.69, 9.17) is 11.6 Å². The van der Waals surface area contributed by atoms with Crippen LogP contribution in [0.25, 0.3) is 5.69 Å². The standard InChI is InChI=1S/C21H20ClF3N4OS/c1-2-28(18-13-29(27-20(18)22)17-7-4-9-26-12-17)19(30)8-10-31-14-15-5-3-6-16(11-15)21(23,24)25/h3-7,9,11-13H,2,8,10,14H2,1H3. The lowest BCUT2D eigenvalue weighted by Crippen LogP contribution is -2.30. The van der Waals surface area contributed by atoms with E-state index < -0.39 is 11.7 Å². The molecule has 3 aromatic rings. The van der Waals surface area contributed by atoms with Crippen LogP contribution in [0.1, 0.15) is 24.5 Å². The lowest BCUT2D eigenvalue weighted by Gasteiger charge is -2.19. The van der Waals surface area contributed by atoms with E-state index in [1.807, 2.05) is 13.0 Å². The quantitative estimate of drug-likeness (QED) is 0.403. The first-order chi connectivity index (χ1) is 14.8. The molecule has 0 saturated heterocycles. The fourth-order valence-corrected chi connectivity index (χ4v) is 4.06. The number of carbonyl (C=O) groups excluding carboxylic acids is 1. The molecular formula is C21H20ClF3N4OS. The smallest absolute Gasteiger partial charge is 0.308 e. The number of halogens is 4. The average molecular weight is 469 g/mol. The minimum Gasteiger partial charge on any atom is -0.308 e. The zero-order chi connectivity index (χ0) is 22.4. The molecule has 0 aliphatic rings. The van der Waals surface area contributed by atoms with Crippen molar-refractivity contribution in [2.45, 2.75) is 25.3 Å². The summed E-state index contributed by atoms with van der Waals surface area (Å²) in [5, 5.41) is 4.45. The Balaban J connectivity index is 1.58. The van der Waals surface area contributed by atoms with Crippen LogP contribution in [-0.4, -0.2) is 33.0 Å². The number of rotatable bonds is 8. The highest BCUT2D eigenvalue weighted by molar-refractivity contribution is 7.98.